The van der Waals surface area contributed by atoms with E-state index in [2.05, 4.69) is 35.5 Å². The molecule has 0 unspecified atom stereocenters. The lowest BCUT2D eigenvalue weighted by Gasteiger charge is -2.28. The summed E-state index contributed by atoms with van der Waals surface area (Å²) in [4.78, 5) is 20.1. The number of fused-ring (bicyclic) bond motifs is 1. The number of halogens is 2. The van der Waals surface area contributed by atoms with Gasteiger partial charge < -0.3 is 15.5 Å². The Morgan fingerprint density at radius 1 is 1.00 bits per heavy atom. The zero-order chi connectivity index (χ0) is 21.2. The van der Waals surface area contributed by atoms with Gasteiger partial charge in [0.15, 0.2) is 0 Å². The SMILES string of the molecule is Fc1ccc(Cl)cc1-c1nccc2cnc(Nc3ccc(N4CCNCC4)nc3)nc12. The van der Waals surface area contributed by atoms with Gasteiger partial charge in [-0.15, -0.1) is 0 Å². The Bertz CT molecular complexity index is 1230. The van der Waals surface area contributed by atoms with Crippen molar-refractivity contribution in [2.45, 2.75) is 0 Å². The molecule has 1 saturated heterocycles. The maximum absolute atomic E-state index is 14.4. The average Bonchev–Trinajstić information content (AvgIpc) is 2.81. The van der Waals surface area contributed by atoms with Crippen LogP contribution in [-0.4, -0.2) is 46.1 Å². The monoisotopic (exact) mass is 435 g/mol. The van der Waals surface area contributed by atoms with E-state index in [0.29, 0.717) is 27.7 Å². The van der Waals surface area contributed by atoms with Gasteiger partial charge in [-0.05, 0) is 36.4 Å². The van der Waals surface area contributed by atoms with Crippen LogP contribution in [0.3, 0.4) is 0 Å². The molecular weight excluding hydrogens is 417 g/mol. The molecule has 0 atom stereocenters. The molecule has 0 amide bonds. The molecule has 9 heteroatoms. The van der Waals surface area contributed by atoms with E-state index in [4.69, 9.17) is 11.6 Å². The molecule has 0 spiro atoms. The van der Waals surface area contributed by atoms with Gasteiger partial charge in [-0.3, -0.25) is 4.98 Å². The van der Waals surface area contributed by atoms with Gasteiger partial charge in [0.1, 0.15) is 17.2 Å². The molecule has 31 heavy (non-hydrogen) atoms. The minimum atomic E-state index is -0.412. The van der Waals surface area contributed by atoms with E-state index in [1.54, 1.807) is 30.7 Å². The maximum atomic E-state index is 14.4. The Labute approximate surface area is 183 Å². The van der Waals surface area contributed by atoms with Crippen LogP contribution in [0.1, 0.15) is 0 Å². The first kappa shape index (κ1) is 19.6. The first-order valence-corrected chi connectivity index (χ1v) is 10.3. The Hall–Kier alpha value is -3.36. The van der Waals surface area contributed by atoms with Crippen molar-refractivity contribution >= 4 is 40.0 Å². The molecule has 7 nitrogen and oxygen atoms in total. The summed E-state index contributed by atoms with van der Waals surface area (Å²) in [5.74, 6) is 0.903. The topological polar surface area (TPSA) is 78.9 Å². The summed E-state index contributed by atoms with van der Waals surface area (Å²) in [6, 6.07) is 10.1. The molecule has 0 bridgehead atoms. The molecule has 3 aromatic heterocycles. The van der Waals surface area contributed by atoms with E-state index in [1.165, 1.54) is 12.1 Å². The molecule has 1 fully saturated rings. The molecule has 0 aliphatic carbocycles. The molecule has 1 aliphatic rings. The summed E-state index contributed by atoms with van der Waals surface area (Å²) in [5.41, 5.74) is 2.00. The highest BCUT2D eigenvalue weighted by Crippen LogP contribution is 2.30. The van der Waals surface area contributed by atoms with Crippen LogP contribution in [0.4, 0.5) is 21.8 Å². The molecule has 1 aromatic carbocycles. The molecular formula is C22H19ClFN7. The number of piperazine rings is 1. The normalized spacial score (nSPS) is 14.1. The van der Waals surface area contributed by atoms with Gasteiger partial charge in [-0.25, -0.2) is 19.3 Å². The van der Waals surface area contributed by atoms with E-state index in [9.17, 15) is 4.39 Å². The van der Waals surface area contributed by atoms with Crippen molar-refractivity contribution in [1.29, 1.82) is 0 Å². The van der Waals surface area contributed by atoms with Crippen molar-refractivity contribution in [3.8, 4) is 11.3 Å². The van der Waals surface area contributed by atoms with Crippen molar-refractivity contribution in [2.24, 2.45) is 0 Å². The number of rotatable bonds is 4. The number of nitrogens with one attached hydrogen (secondary N) is 2. The van der Waals surface area contributed by atoms with Gasteiger partial charge in [-0.1, -0.05) is 11.6 Å². The lowest BCUT2D eigenvalue weighted by molar-refractivity contribution is 0.585. The molecule has 0 saturated carbocycles. The number of hydrogen-bond acceptors (Lipinski definition) is 7. The lowest BCUT2D eigenvalue weighted by atomic mass is 10.1. The Balaban J connectivity index is 1.45. The van der Waals surface area contributed by atoms with E-state index in [-0.39, 0.29) is 0 Å². The van der Waals surface area contributed by atoms with Gasteiger partial charge in [0.2, 0.25) is 5.95 Å². The average molecular weight is 436 g/mol. The van der Waals surface area contributed by atoms with Crippen LogP contribution in [0, 0.1) is 5.82 Å². The summed E-state index contributed by atoms with van der Waals surface area (Å²) in [7, 11) is 0. The predicted molar refractivity (Wildman–Crippen MR) is 120 cm³/mol. The largest absolute Gasteiger partial charge is 0.354 e. The zero-order valence-corrected chi connectivity index (χ0v) is 17.3. The first-order valence-electron chi connectivity index (χ1n) is 9.93. The van der Waals surface area contributed by atoms with Crippen molar-refractivity contribution in [3.05, 3.63) is 65.8 Å². The lowest BCUT2D eigenvalue weighted by Crippen LogP contribution is -2.43. The molecule has 2 N–H and O–H groups in total. The van der Waals surface area contributed by atoms with Crippen molar-refractivity contribution < 1.29 is 4.39 Å². The van der Waals surface area contributed by atoms with E-state index in [1.807, 2.05) is 12.1 Å². The molecule has 0 radical (unpaired) electrons. The fourth-order valence-corrected chi connectivity index (χ4v) is 3.73. The smallest absolute Gasteiger partial charge is 0.227 e. The second-order valence-electron chi connectivity index (χ2n) is 7.18. The fourth-order valence-electron chi connectivity index (χ4n) is 3.56. The predicted octanol–water partition coefficient (Wildman–Crippen LogP) is 4.03. The number of benzene rings is 1. The van der Waals surface area contributed by atoms with Gasteiger partial charge in [0.25, 0.3) is 0 Å². The van der Waals surface area contributed by atoms with E-state index in [0.717, 1.165) is 43.1 Å². The van der Waals surface area contributed by atoms with Crippen LogP contribution >= 0.6 is 11.6 Å². The van der Waals surface area contributed by atoms with Crippen LogP contribution in [0.5, 0.6) is 0 Å². The molecule has 1 aliphatic heterocycles. The maximum Gasteiger partial charge on any atom is 0.227 e. The minimum absolute atomic E-state index is 0.296. The summed E-state index contributed by atoms with van der Waals surface area (Å²) < 4.78 is 14.4. The molecule has 5 rings (SSSR count). The standard InChI is InChI=1S/C22H19ClFN7/c23-15-1-3-18(24)17(11-15)21-20-14(5-6-26-21)12-28-22(30-20)29-16-2-4-19(27-13-16)31-9-7-25-8-10-31/h1-6,11-13,25H,7-10H2,(H,28,29,30). The Morgan fingerprint density at radius 3 is 2.68 bits per heavy atom. The Morgan fingerprint density at radius 2 is 1.87 bits per heavy atom. The highest BCUT2D eigenvalue weighted by Gasteiger charge is 2.14. The number of pyridine rings is 2. The third-order valence-electron chi connectivity index (χ3n) is 5.13. The summed E-state index contributed by atoms with van der Waals surface area (Å²) in [6.45, 7) is 3.78. The molecule has 4 aromatic rings. The van der Waals surface area contributed by atoms with Gasteiger partial charge in [0.05, 0.1) is 17.6 Å². The van der Waals surface area contributed by atoms with Crippen molar-refractivity contribution in [2.75, 3.05) is 36.4 Å². The molecule has 4 heterocycles. The first-order chi connectivity index (χ1) is 15.2. The van der Waals surface area contributed by atoms with Crippen molar-refractivity contribution in [3.63, 3.8) is 0 Å². The van der Waals surface area contributed by atoms with Gasteiger partial charge in [0, 0.05) is 54.5 Å². The van der Waals surface area contributed by atoms with Crippen LogP contribution in [0.2, 0.25) is 5.02 Å². The number of anilines is 3. The van der Waals surface area contributed by atoms with Gasteiger partial charge >= 0.3 is 0 Å². The number of nitrogens with zero attached hydrogens (tertiary/aromatic N) is 5. The summed E-state index contributed by atoms with van der Waals surface area (Å²) in [6.07, 6.45) is 5.04. The second-order valence-corrected chi connectivity index (χ2v) is 7.62. The van der Waals surface area contributed by atoms with E-state index < -0.39 is 5.82 Å². The fraction of sp³-hybridized carbons (Fsp3) is 0.182. The quantitative estimate of drug-likeness (QED) is 0.501. The third-order valence-corrected chi connectivity index (χ3v) is 5.36. The second kappa shape index (κ2) is 8.41. The van der Waals surface area contributed by atoms with Crippen LogP contribution in [-0.2, 0) is 0 Å². The summed E-state index contributed by atoms with van der Waals surface area (Å²) >= 11 is 6.07. The molecule has 156 valence electrons. The van der Waals surface area contributed by atoms with Gasteiger partial charge in [-0.2, -0.15) is 0 Å². The number of aromatic nitrogens is 4. The third kappa shape index (κ3) is 4.12. The minimum Gasteiger partial charge on any atom is -0.354 e. The van der Waals surface area contributed by atoms with Crippen LogP contribution in [0.15, 0.2) is 55.0 Å². The number of hydrogen-bond donors (Lipinski definition) is 2. The Kier molecular flexibility index (Phi) is 5.31. The van der Waals surface area contributed by atoms with Crippen molar-refractivity contribution in [1.82, 2.24) is 25.3 Å². The highest BCUT2D eigenvalue weighted by atomic mass is 35.5. The highest BCUT2D eigenvalue weighted by molar-refractivity contribution is 6.30. The van der Waals surface area contributed by atoms with Crippen LogP contribution < -0.4 is 15.5 Å². The van der Waals surface area contributed by atoms with Crippen LogP contribution in [0.25, 0.3) is 22.2 Å². The zero-order valence-electron chi connectivity index (χ0n) is 16.5. The van der Waals surface area contributed by atoms with E-state index >= 15 is 0 Å². The summed E-state index contributed by atoms with van der Waals surface area (Å²) in [5, 5.41) is 7.68.